The van der Waals surface area contributed by atoms with Crippen LogP contribution in [-0.2, 0) is 25.7 Å². The number of carboxylic acids is 2. The molecule has 2 amide bonds. The highest BCUT2D eigenvalue weighted by atomic mass is 32.1. The van der Waals surface area contributed by atoms with Crippen molar-refractivity contribution in [3.8, 4) is 0 Å². The van der Waals surface area contributed by atoms with Crippen LogP contribution in [0.5, 0.6) is 0 Å². The van der Waals surface area contributed by atoms with Gasteiger partial charge in [0.25, 0.3) is 0 Å². The average Bonchev–Trinajstić information content (AvgIpc) is 3.65. The van der Waals surface area contributed by atoms with Crippen molar-refractivity contribution in [1.29, 1.82) is 0 Å². The SMILES string of the molecule is C[C@@H](C(=O)O)N(C(=O)CN(Cc1cccc2ccccc12)C[C@@H]1CCCN1C(=O)CN)c1cccs1.O=C(O)C(F)(F)F. The predicted octanol–water partition coefficient (Wildman–Crippen LogP) is 3.79. The van der Waals surface area contributed by atoms with E-state index in [-0.39, 0.29) is 30.9 Å². The van der Waals surface area contributed by atoms with E-state index in [0.717, 1.165) is 29.2 Å². The number of fused-ring (bicyclic) bond motifs is 1. The summed E-state index contributed by atoms with van der Waals surface area (Å²) >= 11 is 1.33. The van der Waals surface area contributed by atoms with Gasteiger partial charge in [-0.05, 0) is 53.6 Å². The van der Waals surface area contributed by atoms with Gasteiger partial charge in [0.15, 0.2) is 0 Å². The minimum absolute atomic E-state index is 0.0277. The van der Waals surface area contributed by atoms with Crippen LogP contribution < -0.4 is 10.6 Å². The monoisotopic (exact) mass is 622 g/mol. The molecule has 1 saturated heterocycles. The molecule has 2 heterocycles. The summed E-state index contributed by atoms with van der Waals surface area (Å²) in [6.07, 6.45) is -3.35. The van der Waals surface area contributed by atoms with Gasteiger partial charge in [0.1, 0.15) is 6.04 Å². The molecule has 43 heavy (non-hydrogen) atoms. The van der Waals surface area contributed by atoms with Crippen molar-refractivity contribution in [3.05, 3.63) is 65.5 Å². The van der Waals surface area contributed by atoms with Crippen LogP contribution in [0.2, 0.25) is 0 Å². The van der Waals surface area contributed by atoms with Gasteiger partial charge in [0, 0.05) is 25.7 Å². The Hall–Kier alpha value is -4.01. The number of thiophene rings is 1. The number of carbonyl (C=O) groups excluding carboxylic acids is 2. The molecule has 0 aliphatic carbocycles. The maximum Gasteiger partial charge on any atom is 0.490 e. The Morgan fingerprint density at radius 1 is 1.07 bits per heavy atom. The average molecular weight is 623 g/mol. The van der Waals surface area contributed by atoms with E-state index < -0.39 is 24.2 Å². The molecule has 0 saturated carbocycles. The number of amides is 2. The van der Waals surface area contributed by atoms with Crippen molar-refractivity contribution in [1.82, 2.24) is 9.80 Å². The molecule has 2 atom stereocenters. The summed E-state index contributed by atoms with van der Waals surface area (Å²) in [6, 6.07) is 16.7. The predicted molar refractivity (Wildman–Crippen MR) is 156 cm³/mol. The summed E-state index contributed by atoms with van der Waals surface area (Å²) in [5.41, 5.74) is 6.72. The summed E-state index contributed by atoms with van der Waals surface area (Å²) in [7, 11) is 0. The van der Waals surface area contributed by atoms with E-state index in [1.165, 1.54) is 23.2 Å². The topological polar surface area (TPSA) is 144 Å². The third-order valence-electron chi connectivity index (χ3n) is 6.97. The molecule has 1 aliphatic rings. The zero-order valence-electron chi connectivity index (χ0n) is 23.4. The van der Waals surface area contributed by atoms with Crippen LogP contribution in [-0.4, -0.2) is 88.2 Å². The number of hydrogen-bond donors (Lipinski definition) is 3. The number of likely N-dealkylation sites (tertiary alicyclic amines) is 1. The van der Waals surface area contributed by atoms with E-state index in [1.54, 1.807) is 12.1 Å². The second-order valence-corrected chi connectivity index (χ2v) is 10.9. The Kier molecular flexibility index (Phi) is 11.6. The van der Waals surface area contributed by atoms with Gasteiger partial charge in [-0.1, -0.05) is 42.5 Å². The second-order valence-electron chi connectivity index (χ2n) is 9.93. The maximum atomic E-state index is 13.6. The molecular weight excluding hydrogens is 589 g/mol. The lowest BCUT2D eigenvalue weighted by Gasteiger charge is -2.33. The van der Waals surface area contributed by atoms with Gasteiger partial charge in [-0.3, -0.25) is 19.4 Å². The molecule has 14 heteroatoms. The minimum Gasteiger partial charge on any atom is -0.480 e. The Bertz CT molecular complexity index is 1410. The van der Waals surface area contributed by atoms with Crippen LogP contribution in [0, 0.1) is 0 Å². The Labute approximate surface area is 250 Å². The largest absolute Gasteiger partial charge is 0.490 e. The fraction of sp³-hybridized carbons (Fsp3) is 0.379. The van der Waals surface area contributed by atoms with E-state index in [4.69, 9.17) is 15.6 Å². The number of nitrogens with two attached hydrogens (primary N) is 1. The number of benzene rings is 2. The zero-order valence-corrected chi connectivity index (χ0v) is 24.2. The molecule has 10 nitrogen and oxygen atoms in total. The molecule has 1 fully saturated rings. The van der Waals surface area contributed by atoms with E-state index in [9.17, 15) is 32.7 Å². The Morgan fingerprint density at radius 2 is 1.74 bits per heavy atom. The van der Waals surface area contributed by atoms with Gasteiger partial charge in [-0.25, -0.2) is 9.59 Å². The first-order chi connectivity index (χ1) is 20.3. The molecule has 0 unspecified atom stereocenters. The zero-order chi connectivity index (χ0) is 31.7. The van der Waals surface area contributed by atoms with Gasteiger partial charge in [0.2, 0.25) is 11.8 Å². The van der Waals surface area contributed by atoms with E-state index in [1.807, 2.05) is 39.4 Å². The Balaban J connectivity index is 0.000000646. The van der Waals surface area contributed by atoms with Crippen molar-refractivity contribution in [2.45, 2.75) is 44.6 Å². The standard InChI is InChI=1S/C27H32N4O4S.C2HF3O2/c1-19(27(34)35)31(26-12-6-14-36-26)25(33)18-29(17-22-10-5-13-30(22)24(32)15-28)16-21-9-4-8-20-7-2-3-11-23(20)21;3-2(4,5)1(6)7/h2-4,6-9,11-12,14,19,22H,5,10,13,15-18,28H2,1H3,(H,34,35);(H,6,7)/t19-,22-;/m0./s1. The van der Waals surface area contributed by atoms with Crippen LogP contribution >= 0.6 is 11.3 Å². The second kappa shape index (κ2) is 14.9. The number of aliphatic carboxylic acids is 2. The van der Waals surface area contributed by atoms with Gasteiger partial charge in [-0.15, -0.1) is 11.3 Å². The van der Waals surface area contributed by atoms with Crippen molar-refractivity contribution in [2.75, 3.05) is 31.1 Å². The highest BCUT2D eigenvalue weighted by Crippen LogP contribution is 2.26. The summed E-state index contributed by atoms with van der Waals surface area (Å²) in [5.74, 6) is -4.20. The van der Waals surface area contributed by atoms with Crippen LogP contribution in [0.4, 0.5) is 18.2 Å². The molecule has 3 aromatic rings. The molecule has 0 radical (unpaired) electrons. The lowest BCUT2D eigenvalue weighted by atomic mass is 10.0. The van der Waals surface area contributed by atoms with Crippen molar-refractivity contribution in [2.24, 2.45) is 5.73 Å². The number of hydrogen-bond acceptors (Lipinski definition) is 7. The number of halogens is 3. The lowest BCUT2D eigenvalue weighted by molar-refractivity contribution is -0.192. The lowest BCUT2D eigenvalue weighted by Crippen LogP contribution is -2.50. The maximum absolute atomic E-state index is 13.6. The van der Waals surface area contributed by atoms with Gasteiger partial charge in [0.05, 0.1) is 18.1 Å². The smallest absolute Gasteiger partial charge is 0.480 e. The van der Waals surface area contributed by atoms with Crippen molar-refractivity contribution in [3.63, 3.8) is 0 Å². The molecule has 2 aromatic carbocycles. The number of carboxylic acid groups (broad SMARTS) is 2. The van der Waals surface area contributed by atoms with Gasteiger partial charge < -0.3 is 20.8 Å². The van der Waals surface area contributed by atoms with Gasteiger partial charge in [-0.2, -0.15) is 13.2 Å². The first-order valence-corrected chi connectivity index (χ1v) is 14.3. The summed E-state index contributed by atoms with van der Waals surface area (Å²) in [6.45, 7) is 3.16. The summed E-state index contributed by atoms with van der Waals surface area (Å²) in [5, 5.41) is 21.4. The molecular formula is C29H33F3N4O6S. The first-order valence-electron chi connectivity index (χ1n) is 13.4. The molecule has 1 aliphatic heterocycles. The number of carbonyl (C=O) groups is 4. The van der Waals surface area contributed by atoms with Crippen LogP contribution in [0.3, 0.4) is 0 Å². The molecule has 4 rings (SSSR count). The molecule has 1 aromatic heterocycles. The number of anilines is 1. The number of alkyl halides is 3. The quantitative estimate of drug-likeness (QED) is 0.310. The third-order valence-corrected chi connectivity index (χ3v) is 7.84. The molecule has 232 valence electrons. The highest BCUT2D eigenvalue weighted by Gasteiger charge is 2.38. The van der Waals surface area contributed by atoms with E-state index in [2.05, 4.69) is 18.2 Å². The summed E-state index contributed by atoms with van der Waals surface area (Å²) in [4.78, 5) is 52.0. The van der Waals surface area contributed by atoms with E-state index >= 15 is 0 Å². The van der Waals surface area contributed by atoms with Crippen molar-refractivity contribution >= 4 is 50.9 Å². The highest BCUT2D eigenvalue weighted by molar-refractivity contribution is 7.14. The minimum atomic E-state index is -5.08. The fourth-order valence-electron chi connectivity index (χ4n) is 4.94. The van der Waals surface area contributed by atoms with Crippen LogP contribution in [0.25, 0.3) is 10.8 Å². The fourth-order valence-corrected chi connectivity index (χ4v) is 5.77. The van der Waals surface area contributed by atoms with Crippen molar-refractivity contribution < 1.29 is 42.6 Å². The molecule has 0 spiro atoms. The Morgan fingerprint density at radius 3 is 2.35 bits per heavy atom. The van der Waals surface area contributed by atoms with Crippen LogP contribution in [0.15, 0.2) is 60.0 Å². The summed E-state index contributed by atoms with van der Waals surface area (Å²) < 4.78 is 31.7. The first kappa shape index (κ1) is 33.5. The third kappa shape index (κ3) is 8.99. The van der Waals surface area contributed by atoms with Crippen LogP contribution in [0.1, 0.15) is 25.3 Å². The normalized spacial score (nSPS) is 15.6. The van der Waals surface area contributed by atoms with Gasteiger partial charge >= 0.3 is 18.1 Å². The molecule has 4 N–H and O–H groups in total. The number of rotatable bonds is 10. The number of nitrogens with zero attached hydrogens (tertiary/aromatic N) is 3. The molecule has 0 bridgehead atoms. The van der Waals surface area contributed by atoms with E-state index in [0.29, 0.717) is 24.6 Å².